The molecule has 3 rings (SSSR count). The van der Waals surface area contributed by atoms with Crippen LogP contribution in [-0.2, 0) is 11.2 Å². The number of H-pyrrole nitrogens is 1. The van der Waals surface area contributed by atoms with Crippen molar-refractivity contribution in [3.05, 3.63) is 58.3 Å². The van der Waals surface area contributed by atoms with Gasteiger partial charge in [0.15, 0.2) is 0 Å². The first-order valence-electron chi connectivity index (χ1n) is 6.61. The molecule has 0 fully saturated rings. The van der Waals surface area contributed by atoms with Crippen molar-refractivity contribution in [2.45, 2.75) is 13.3 Å². The molecule has 1 amide bonds. The second kappa shape index (κ2) is 5.69. The van der Waals surface area contributed by atoms with Crippen molar-refractivity contribution in [1.29, 1.82) is 0 Å². The fraction of sp³-hybridized carbons (Fsp3) is 0.125. The Hall–Kier alpha value is -2.14. The van der Waals surface area contributed by atoms with Crippen molar-refractivity contribution in [1.82, 2.24) is 9.97 Å². The molecule has 4 nitrogen and oxygen atoms in total. The van der Waals surface area contributed by atoms with Crippen LogP contribution in [0.5, 0.6) is 0 Å². The van der Waals surface area contributed by atoms with Gasteiger partial charge in [-0.3, -0.25) is 4.79 Å². The van der Waals surface area contributed by atoms with Crippen molar-refractivity contribution < 1.29 is 4.79 Å². The summed E-state index contributed by atoms with van der Waals surface area (Å²) in [6.07, 6.45) is 0.354. The molecule has 1 aromatic heterocycles. The Morgan fingerprint density at radius 3 is 2.76 bits per heavy atom. The zero-order valence-electron chi connectivity index (χ0n) is 11.5. The first-order chi connectivity index (χ1) is 10.1. The molecule has 0 bridgehead atoms. The summed E-state index contributed by atoms with van der Waals surface area (Å²) in [5.74, 6) is 0.830. The molecule has 106 valence electrons. The highest BCUT2D eigenvalue weighted by atomic mass is 79.9. The highest BCUT2D eigenvalue weighted by Gasteiger charge is 2.06. The molecule has 0 saturated carbocycles. The van der Waals surface area contributed by atoms with Crippen LogP contribution in [0.25, 0.3) is 11.0 Å². The minimum atomic E-state index is -0.0343. The number of hydrogen-bond donors (Lipinski definition) is 2. The molecule has 0 radical (unpaired) electrons. The summed E-state index contributed by atoms with van der Waals surface area (Å²) in [7, 11) is 0. The number of carbonyl (C=O) groups excluding carboxylic acids is 1. The van der Waals surface area contributed by atoms with Crippen molar-refractivity contribution in [2.75, 3.05) is 5.32 Å². The number of nitrogens with one attached hydrogen (secondary N) is 2. The zero-order chi connectivity index (χ0) is 14.8. The Labute approximate surface area is 130 Å². The maximum Gasteiger partial charge on any atom is 0.228 e. The monoisotopic (exact) mass is 343 g/mol. The van der Waals surface area contributed by atoms with Crippen LogP contribution in [0.4, 0.5) is 5.69 Å². The van der Waals surface area contributed by atoms with E-state index in [2.05, 4.69) is 31.2 Å². The number of amides is 1. The second-order valence-electron chi connectivity index (χ2n) is 4.91. The SMILES string of the molecule is Cc1nc2ccc(NC(=O)Cc3ccc(Br)cc3)cc2[nH]1. The summed E-state index contributed by atoms with van der Waals surface area (Å²) < 4.78 is 1.01. The molecule has 0 aliphatic heterocycles. The lowest BCUT2D eigenvalue weighted by atomic mass is 10.1. The van der Waals surface area contributed by atoms with Gasteiger partial charge in [-0.1, -0.05) is 28.1 Å². The van der Waals surface area contributed by atoms with Crippen molar-refractivity contribution in [2.24, 2.45) is 0 Å². The minimum absolute atomic E-state index is 0.0343. The quantitative estimate of drug-likeness (QED) is 0.759. The number of carbonyl (C=O) groups is 1. The lowest BCUT2D eigenvalue weighted by Crippen LogP contribution is -2.14. The van der Waals surface area contributed by atoms with Crippen LogP contribution in [0, 0.1) is 6.92 Å². The number of rotatable bonds is 3. The molecule has 0 atom stereocenters. The average Bonchev–Trinajstić information content (AvgIpc) is 2.80. The third kappa shape index (κ3) is 3.31. The van der Waals surface area contributed by atoms with Gasteiger partial charge in [0.05, 0.1) is 17.5 Å². The summed E-state index contributed by atoms with van der Waals surface area (Å²) in [5, 5.41) is 2.91. The van der Waals surface area contributed by atoms with Crippen LogP contribution in [0.3, 0.4) is 0 Å². The van der Waals surface area contributed by atoms with Gasteiger partial charge in [-0.05, 0) is 42.8 Å². The summed E-state index contributed by atoms with van der Waals surface area (Å²) in [6, 6.07) is 13.4. The molecule has 1 heterocycles. The predicted octanol–water partition coefficient (Wildman–Crippen LogP) is 3.82. The molecule has 0 saturated heterocycles. The van der Waals surface area contributed by atoms with Gasteiger partial charge in [0.2, 0.25) is 5.91 Å². The van der Waals surface area contributed by atoms with Crippen LogP contribution >= 0.6 is 15.9 Å². The largest absolute Gasteiger partial charge is 0.342 e. The Morgan fingerprint density at radius 2 is 2.00 bits per heavy atom. The van der Waals surface area contributed by atoms with E-state index >= 15 is 0 Å². The van der Waals surface area contributed by atoms with Gasteiger partial charge in [0.25, 0.3) is 0 Å². The Bertz CT molecular complexity index is 793. The summed E-state index contributed by atoms with van der Waals surface area (Å²) in [6.45, 7) is 1.91. The number of aryl methyl sites for hydroxylation is 1. The van der Waals surface area contributed by atoms with Gasteiger partial charge in [-0.15, -0.1) is 0 Å². The topological polar surface area (TPSA) is 57.8 Å². The molecule has 2 N–H and O–H groups in total. The number of nitrogens with zero attached hydrogens (tertiary/aromatic N) is 1. The van der Waals surface area contributed by atoms with E-state index in [9.17, 15) is 4.79 Å². The summed E-state index contributed by atoms with van der Waals surface area (Å²) in [4.78, 5) is 19.6. The van der Waals surface area contributed by atoms with Crippen LogP contribution < -0.4 is 5.32 Å². The predicted molar refractivity (Wildman–Crippen MR) is 87.3 cm³/mol. The van der Waals surface area contributed by atoms with Crippen molar-refractivity contribution >= 4 is 38.6 Å². The van der Waals surface area contributed by atoms with Gasteiger partial charge in [-0.2, -0.15) is 0 Å². The third-order valence-electron chi connectivity index (χ3n) is 3.16. The lowest BCUT2D eigenvalue weighted by molar-refractivity contribution is -0.115. The van der Waals surface area contributed by atoms with Gasteiger partial charge >= 0.3 is 0 Å². The van der Waals surface area contributed by atoms with Crippen molar-refractivity contribution in [3.63, 3.8) is 0 Å². The number of halogens is 1. The van der Waals surface area contributed by atoms with E-state index in [-0.39, 0.29) is 5.91 Å². The maximum atomic E-state index is 12.1. The van der Waals surface area contributed by atoms with Crippen LogP contribution in [0.2, 0.25) is 0 Å². The van der Waals surface area contributed by atoms with E-state index in [0.717, 1.165) is 32.6 Å². The van der Waals surface area contributed by atoms with Gasteiger partial charge < -0.3 is 10.3 Å². The molecule has 0 aliphatic carbocycles. The summed E-state index contributed by atoms with van der Waals surface area (Å²) in [5.41, 5.74) is 3.58. The lowest BCUT2D eigenvalue weighted by Gasteiger charge is -2.05. The van der Waals surface area contributed by atoms with Crippen molar-refractivity contribution in [3.8, 4) is 0 Å². The van der Waals surface area contributed by atoms with Crippen LogP contribution in [0.15, 0.2) is 46.9 Å². The molecule has 21 heavy (non-hydrogen) atoms. The molecule has 3 aromatic rings. The average molecular weight is 344 g/mol. The van der Waals surface area contributed by atoms with E-state index in [1.165, 1.54) is 0 Å². The first kappa shape index (κ1) is 13.8. The fourth-order valence-electron chi connectivity index (χ4n) is 2.21. The minimum Gasteiger partial charge on any atom is -0.342 e. The van der Waals surface area contributed by atoms with Gasteiger partial charge in [-0.25, -0.2) is 4.98 Å². The zero-order valence-corrected chi connectivity index (χ0v) is 13.1. The fourth-order valence-corrected chi connectivity index (χ4v) is 2.47. The van der Waals surface area contributed by atoms with Crippen LogP contribution in [-0.4, -0.2) is 15.9 Å². The van der Waals surface area contributed by atoms with E-state index in [1.807, 2.05) is 49.4 Å². The first-order valence-corrected chi connectivity index (χ1v) is 7.40. The standard InChI is InChI=1S/C16H14BrN3O/c1-10-18-14-7-6-13(9-15(14)19-10)20-16(21)8-11-2-4-12(17)5-3-11/h2-7,9H,8H2,1H3,(H,18,19)(H,20,21). The Balaban J connectivity index is 1.71. The number of aromatic nitrogens is 2. The maximum absolute atomic E-state index is 12.1. The van der Waals surface area contributed by atoms with Crippen LogP contribution in [0.1, 0.15) is 11.4 Å². The molecule has 5 heteroatoms. The molecular formula is C16H14BrN3O. The molecule has 0 unspecified atom stereocenters. The van der Waals surface area contributed by atoms with E-state index in [1.54, 1.807) is 0 Å². The van der Waals surface area contributed by atoms with Gasteiger partial charge in [0, 0.05) is 10.2 Å². The Morgan fingerprint density at radius 1 is 1.24 bits per heavy atom. The van der Waals surface area contributed by atoms with E-state index < -0.39 is 0 Å². The van der Waals surface area contributed by atoms with E-state index in [0.29, 0.717) is 6.42 Å². The van der Waals surface area contributed by atoms with E-state index in [4.69, 9.17) is 0 Å². The number of hydrogen-bond acceptors (Lipinski definition) is 2. The number of imidazole rings is 1. The number of fused-ring (bicyclic) bond motifs is 1. The number of anilines is 1. The number of benzene rings is 2. The van der Waals surface area contributed by atoms with Gasteiger partial charge in [0.1, 0.15) is 5.82 Å². The molecule has 0 spiro atoms. The molecular weight excluding hydrogens is 330 g/mol. The third-order valence-corrected chi connectivity index (χ3v) is 3.69. The molecule has 2 aromatic carbocycles. The normalized spacial score (nSPS) is 10.8. The number of aromatic amines is 1. The Kier molecular flexibility index (Phi) is 3.75. The smallest absolute Gasteiger partial charge is 0.228 e. The summed E-state index contributed by atoms with van der Waals surface area (Å²) >= 11 is 3.38. The second-order valence-corrected chi connectivity index (χ2v) is 5.82. The highest BCUT2D eigenvalue weighted by Crippen LogP contribution is 2.17. The highest BCUT2D eigenvalue weighted by molar-refractivity contribution is 9.10. The molecule has 0 aliphatic rings.